The third-order valence-corrected chi connectivity index (χ3v) is 5.82. The number of sulfone groups is 1. The van der Waals surface area contributed by atoms with E-state index in [9.17, 15) is 22.0 Å². The zero-order valence-corrected chi connectivity index (χ0v) is 15.2. The first-order valence-electron chi connectivity index (χ1n) is 7.10. The molecule has 4 nitrogen and oxygen atoms in total. The highest BCUT2D eigenvalue weighted by molar-refractivity contribution is 7.99. The summed E-state index contributed by atoms with van der Waals surface area (Å²) in [4.78, 5) is 12.3. The quantitative estimate of drug-likeness (QED) is 0.691. The molecule has 1 N–H and O–H groups in total. The van der Waals surface area contributed by atoms with Crippen LogP contribution in [0.4, 0.5) is 14.5 Å². The summed E-state index contributed by atoms with van der Waals surface area (Å²) < 4.78 is 48.7. The van der Waals surface area contributed by atoms with Crippen LogP contribution in [0.25, 0.3) is 0 Å². The van der Waals surface area contributed by atoms with E-state index in [2.05, 4.69) is 5.32 Å². The van der Waals surface area contributed by atoms with Gasteiger partial charge in [0.05, 0.1) is 10.6 Å². The van der Waals surface area contributed by atoms with E-state index in [1.807, 2.05) is 12.1 Å². The number of halogens is 3. The Hall–Kier alpha value is -1.64. The average molecular weight is 406 g/mol. The first-order chi connectivity index (χ1) is 11.8. The fourth-order valence-electron chi connectivity index (χ4n) is 1.92. The van der Waals surface area contributed by atoms with Crippen molar-refractivity contribution in [2.75, 3.05) is 11.1 Å². The number of nitrogens with one attached hydrogen (secondary N) is 1. The van der Waals surface area contributed by atoms with Gasteiger partial charge in [0.25, 0.3) is 0 Å². The van der Waals surface area contributed by atoms with Gasteiger partial charge in [-0.3, -0.25) is 4.79 Å². The molecule has 9 heteroatoms. The number of alkyl halides is 2. The Labute approximate surface area is 153 Å². The van der Waals surface area contributed by atoms with Crippen molar-refractivity contribution in [3.63, 3.8) is 0 Å². The molecule has 0 radical (unpaired) electrons. The van der Waals surface area contributed by atoms with Gasteiger partial charge in [0.15, 0.2) is 0 Å². The van der Waals surface area contributed by atoms with Crippen molar-refractivity contribution in [3.8, 4) is 0 Å². The fraction of sp³-hybridized carbons (Fsp3) is 0.188. The standard InChI is InChI=1S/C16H14ClF2NO3S2/c17-11-5-7-12(8-6-11)24-10-9-15(21)20-13-3-1-2-4-14(13)25(22,23)16(18)19/h1-8,16H,9-10H2,(H,20,21). The van der Waals surface area contributed by atoms with E-state index >= 15 is 0 Å². The lowest BCUT2D eigenvalue weighted by atomic mass is 10.3. The highest BCUT2D eigenvalue weighted by atomic mass is 35.5. The van der Waals surface area contributed by atoms with Gasteiger partial charge in [-0.1, -0.05) is 23.7 Å². The van der Waals surface area contributed by atoms with Gasteiger partial charge in [0.1, 0.15) is 0 Å². The molecule has 2 rings (SSSR count). The normalized spacial score (nSPS) is 11.5. The summed E-state index contributed by atoms with van der Waals surface area (Å²) in [5, 5.41) is 2.99. The molecule has 1 amide bonds. The second kappa shape index (κ2) is 8.64. The topological polar surface area (TPSA) is 63.2 Å². The molecule has 0 atom stereocenters. The number of carbonyl (C=O) groups excluding carboxylic acids is 1. The van der Waals surface area contributed by atoms with E-state index in [4.69, 9.17) is 11.6 Å². The van der Waals surface area contributed by atoms with Gasteiger partial charge < -0.3 is 5.32 Å². The van der Waals surface area contributed by atoms with Crippen LogP contribution in [0.15, 0.2) is 58.3 Å². The largest absolute Gasteiger partial charge is 0.341 e. The number of para-hydroxylation sites is 1. The molecular weight excluding hydrogens is 392 g/mol. The molecule has 0 heterocycles. The summed E-state index contributed by atoms with van der Waals surface area (Å²) in [7, 11) is -4.79. The number of hydrogen-bond acceptors (Lipinski definition) is 4. The van der Waals surface area contributed by atoms with Crippen LogP contribution in [0.2, 0.25) is 5.02 Å². The number of amides is 1. The molecule has 0 aromatic heterocycles. The van der Waals surface area contributed by atoms with E-state index in [1.54, 1.807) is 12.1 Å². The number of thioether (sulfide) groups is 1. The van der Waals surface area contributed by atoms with Crippen molar-refractivity contribution in [2.45, 2.75) is 22.0 Å². The van der Waals surface area contributed by atoms with Gasteiger partial charge in [-0.15, -0.1) is 11.8 Å². The van der Waals surface area contributed by atoms with Gasteiger partial charge in [-0.25, -0.2) is 8.42 Å². The van der Waals surface area contributed by atoms with Crippen LogP contribution in [0.1, 0.15) is 6.42 Å². The average Bonchev–Trinajstić information content (AvgIpc) is 2.57. The summed E-state index contributed by atoms with van der Waals surface area (Å²) in [5.41, 5.74) is -0.149. The molecule has 0 fully saturated rings. The highest BCUT2D eigenvalue weighted by Crippen LogP contribution is 2.26. The predicted octanol–water partition coefficient (Wildman–Crippen LogP) is 4.46. The van der Waals surface area contributed by atoms with Gasteiger partial charge in [-0.2, -0.15) is 8.78 Å². The van der Waals surface area contributed by atoms with E-state index in [0.717, 1.165) is 11.0 Å². The molecular formula is C16H14ClF2NO3S2. The van der Waals surface area contributed by atoms with Crippen molar-refractivity contribution in [2.24, 2.45) is 0 Å². The third-order valence-electron chi connectivity index (χ3n) is 3.11. The molecule has 0 aliphatic carbocycles. The molecule has 0 saturated heterocycles. The van der Waals surface area contributed by atoms with Crippen LogP contribution in [0, 0.1) is 0 Å². The van der Waals surface area contributed by atoms with Gasteiger partial charge in [0, 0.05) is 22.1 Å². The second-order valence-electron chi connectivity index (χ2n) is 4.90. The van der Waals surface area contributed by atoms with E-state index in [1.165, 1.54) is 30.0 Å². The maximum Gasteiger partial charge on any atom is 0.341 e. The van der Waals surface area contributed by atoms with Crippen LogP contribution < -0.4 is 5.32 Å². The summed E-state index contributed by atoms with van der Waals surface area (Å²) in [6.45, 7) is 0. The number of anilines is 1. The Morgan fingerprint density at radius 2 is 1.76 bits per heavy atom. The smallest absolute Gasteiger partial charge is 0.325 e. The SMILES string of the molecule is O=C(CCSc1ccc(Cl)cc1)Nc1ccccc1S(=O)(=O)C(F)F. The van der Waals surface area contributed by atoms with E-state index in [0.29, 0.717) is 10.8 Å². The maximum atomic E-state index is 12.7. The molecule has 2 aromatic carbocycles. The molecule has 0 unspecified atom stereocenters. The van der Waals surface area contributed by atoms with Crippen LogP contribution in [0.5, 0.6) is 0 Å². The monoisotopic (exact) mass is 405 g/mol. The number of hydrogen-bond donors (Lipinski definition) is 1. The van der Waals surface area contributed by atoms with Crippen LogP contribution in [-0.4, -0.2) is 25.8 Å². The minimum Gasteiger partial charge on any atom is -0.325 e. The van der Waals surface area contributed by atoms with Crippen molar-refractivity contribution in [1.82, 2.24) is 0 Å². The van der Waals surface area contributed by atoms with Gasteiger partial charge in [0.2, 0.25) is 15.7 Å². The van der Waals surface area contributed by atoms with Crippen molar-refractivity contribution in [1.29, 1.82) is 0 Å². The summed E-state index contributed by atoms with van der Waals surface area (Å²) in [5.74, 6) is -3.57. The Morgan fingerprint density at radius 1 is 1.12 bits per heavy atom. The minimum atomic E-state index is -4.79. The lowest BCUT2D eigenvalue weighted by Crippen LogP contribution is -2.18. The number of carbonyl (C=O) groups is 1. The Balaban J connectivity index is 1.98. The van der Waals surface area contributed by atoms with Crippen LogP contribution in [0.3, 0.4) is 0 Å². The van der Waals surface area contributed by atoms with Crippen molar-refractivity contribution in [3.05, 3.63) is 53.6 Å². The summed E-state index contributed by atoms with van der Waals surface area (Å²) >= 11 is 7.21. The maximum absolute atomic E-state index is 12.7. The van der Waals surface area contributed by atoms with Crippen LogP contribution >= 0.6 is 23.4 Å². The lowest BCUT2D eigenvalue weighted by molar-refractivity contribution is -0.115. The Kier molecular flexibility index (Phi) is 6.80. The molecule has 2 aromatic rings. The fourth-order valence-corrected chi connectivity index (χ4v) is 3.78. The number of rotatable bonds is 7. The lowest BCUT2D eigenvalue weighted by Gasteiger charge is -2.11. The molecule has 0 aliphatic rings. The Morgan fingerprint density at radius 3 is 2.40 bits per heavy atom. The first kappa shape index (κ1) is 19.7. The predicted molar refractivity (Wildman–Crippen MR) is 95.1 cm³/mol. The van der Waals surface area contributed by atoms with Crippen LogP contribution in [-0.2, 0) is 14.6 Å². The first-order valence-corrected chi connectivity index (χ1v) is 10.0. The van der Waals surface area contributed by atoms with Gasteiger partial charge in [-0.05, 0) is 36.4 Å². The van der Waals surface area contributed by atoms with Crippen molar-refractivity contribution < 1.29 is 22.0 Å². The molecule has 0 bridgehead atoms. The zero-order valence-electron chi connectivity index (χ0n) is 12.8. The molecule has 134 valence electrons. The highest BCUT2D eigenvalue weighted by Gasteiger charge is 2.29. The second-order valence-corrected chi connectivity index (χ2v) is 8.39. The Bertz CT molecular complexity index is 843. The third kappa shape index (κ3) is 5.42. The van der Waals surface area contributed by atoms with Gasteiger partial charge >= 0.3 is 5.76 Å². The number of benzene rings is 2. The van der Waals surface area contributed by atoms with E-state index < -0.39 is 26.4 Å². The van der Waals surface area contributed by atoms with E-state index in [-0.39, 0.29) is 12.1 Å². The summed E-state index contributed by atoms with van der Waals surface area (Å²) in [6.07, 6.45) is 0.0936. The molecule has 0 aliphatic heterocycles. The minimum absolute atomic E-state index is 0.0936. The zero-order chi connectivity index (χ0) is 18.4. The summed E-state index contributed by atoms with van der Waals surface area (Å²) in [6, 6.07) is 12.2. The molecule has 25 heavy (non-hydrogen) atoms. The van der Waals surface area contributed by atoms with Crippen molar-refractivity contribution >= 4 is 44.8 Å². The molecule has 0 spiro atoms. The molecule has 0 saturated carbocycles.